The Balaban J connectivity index is 1.64. The number of hydrogen-bond acceptors (Lipinski definition) is 3. The van der Waals surface area contributed by atoms with E-state index in [9.17, 15) is 14.4 Å². The molecule has 3 rings (SSSR count). The summed E-state index contributed by atoms with van der Waals surface area (Å²) >= 11 is 0. The molecule has 2 aromatic carbocycles. The van der Waals surface area contributed by atoms with E-state index in [0.717, 1.165) is 31.5 Å². The number of nitrogens with zero attached hydrogens (tertiary/aromatic N) is 1. The molecule has 0 aromatic heterocycles. The van der Waals surface area contributed by atoms with E-state index in [2.05, 4.69) is 10.6 Å². The lowest BCUT2D eigenvalue weighted by atomic mass is 10.0. The zero-order valence-electron chi connectivity index (χ0n) is 17.8. The molecule has 1 heterocycles. The molecule has 6 heteroatoms. The molecule has 158 valence electrons. The van der Waals surface area contributed by atoms with Gasteiger partial charge in [0.15, 0.2) is 0 Å². The number of carbonyl (C=O) groups is 3. The Morgan fingerprint density at radius 2 is 1.60 bits per heavy atom. The van der Waals surface area contributed by atoms with Crippen LogP contribution in [-0.4, -0.2) is 41.8 Å². The highest BCUT2D eigenvalue weighted by Gasteiger charge is 2.25. The van der Waals surface area contributed by atoms with Gasteiger partial charge in [0.05, 0.1) is 0 Å². The molecular weight excluding hydrogens is 378 g/mol. The largest absolute Gasteiger partial charge is 0.340 e. The highest BCUT2D eigenvalue weighted by molar-refractivity contribution is 6.01. The first-order chi connectivity index (χ1) is 14.3. The molecular formula is C24H29N3O3. The van der Waals surface area contributed by atoms with Gasteiger partial charge in [-0.05, 0) is 62.1 Å². The van der Waals surface area contributed by atoms with Crippen molar-refractivity contribution in [2.24, 2.45) is 5.92 Å². The van der Waals surface area contributed by atoms with E-state index in [1.165, 1.54) is 0 Å². The summed E-state index contributed by atoms with van der Waals surface area (Å²) in [5, 5.41) is 5.68. The Bertz CT molecular complexity index is 916. The molecule has 6 nitrogen and oxygen atoms in total. The van der Waals surface area contributed by atoms with Crippen LogP contribution in [0.15, 0.2) is 48.5 Å². The fraction of sp³-hybridized carbons (Fsp3) is 0.375. The maximum Gasteiger partial charge on any atom is 0.253 e. The third kappa shape index (κ3) is 5.26. The van der Waals surface area contributed by atoms with Gasteiger partial charge in [-0.15, -0.1) is 0 Å². The van der Waals surface area contributed by atoms with Crippen LogP contribution in [0.1, 0.15) is 53.0 Å². The molecule has 1 fully saturated rings. The van der Waals surface area contributed by atoms with Crippen molar-refractivity contribution in [1.82, 2.24) is 10.2 Å². The SMILES string of the molecule is Cc1cccc(C(=O)NC(C(=O)Nc2ccc(C(=O)N3CCCC3)cc2)C(C)C)c1. The molecule has 1 saturated heterocycles. The summed E-state index contributed by atoms with van der Waals surface area (Å²) in [6.45, 7) is 7.29. The van der Waals surface area contributed by atoms with E-state index in [-0.39, 0.29) is 23.6 Å². The lowest BCUT2D eigenvalue weighted by molar-refractivity contribution is -0.118. The van der Waals surface area contributed by atoms with Crippen LogP contribution in [0.4, 0.5) is 5.69 Å². The van der Waals surface area contributed by atoms with Crippen molar-refractivity contribution in [2.45, 2.75) is 39.7 Å². The van der Waals surface area contributed by atoms with E-state index >= 15 is 0 Å². The predicted octanol–water partition coefficient (Wildman–Crippen LogP) is 3.62. The van der Waals surface area contributed by atoms with Crippen LogP contribution in [0.3, 0.4) is 0 Å². The first kappa shape index (κ1) is 21.6. The van der Waals surface area contributed by atoms with Crippen LogP contribution in [0.25, 0.3) is 0 Å². The van der Waals surface area contributed by atoms with E-state index < -0.39 is 6.04 Å². The highest BCUT2D eigenvalue weighted by Crippen LogP contribution is 2.16. The number of anilines is 1. The Labute approximate surface area is 177 Å². The van der Waals surface area contributed by atoms with Gasteiger partial charge >= 0.3 is 0 Å². The van der Waals surface area contributed by atoms with Crippen LogP contribution in [-0.2, 0) is 4.79 Å². The van der Waals surface area contributed by atoms with Crippen molar-refractivity contribution in [2.75, 3.05) is 18.4 Å². The van der Waals surface area contributed by atoms with Crippen LogP contribution in [0, 0.1) is 12.8 Å². The molecule has 1 atom stereocenters. The second kappa shape index (κ2) is 9.57. The smallest absolute Gasteiger partial charge is 0.253 e. The lowest BCUT2D eigenvalue weighted by Gasteiger charge is -2.22. The van der Waals surface area contributed by atoms with Gasteiger partial charge in [-0.1, -0.05) is 31.5 Å². The van der Waals surface area contributed by atoms with Crippen LogP contribution >= 0.6 is 0 Å². The molecule has 0 bridgehead atoms. The topological polar surface area (TPSA) is 78.5 Å². The summed E-state index contributed by atoms with van der Waals surface area (Å²) in [6.07, 6.45) is 2.09. The molecule has 1 aliphatic heterocycles. The first-order valence-corrected chi connectivity index (χ1v) is 10.4. The molecule has 3 amide bonds. The van der Waals surface area contributed by atoms with E-state index in [1.54, 1.807) is 36.4 Å². The first-order valence-electron chi connectivity index (χ1n) is 10.4. The summed E-state index contributed by atoms with van der Waals surface area (Å²) < 4.78 is 0. The minimum Gasteiger partial charge on any atom is -0.340 e. The van der Waals surface area contributed by atoms with Gasteiger partial charge in [0, 0.05) is 29.9 Å². The number of benzene rings is 2. The second-order valence-electron chi connectivity index (χ2n) is 8.13. The lowest BCUT2D eigenvalue weighted by Crippen LogP contribution is -2.47. The number of amides is 3. The highest BCUT2D eigenvalue weighted by atomic mass is 16.2. The van der Waals surface area contributed by atoms with Crippen molar-refractivity contribution < 1.29 is 14.4 Å². The molecule has 1 unspecified atom stereocenters. The zero-order chi connectivity index (χ0) is 21.7. The summed E-state index contributed by atoms with van der Waals surface area (Å²) in [5.74, 6) is -0.630. The van der Waals surface area contributed by atoms with Gasteiger partial charge < -0.3 is 15.5 Å². The third-order valence-electron chi connectivity index (χ3n) is 5.31. The molecule has 0 spiro atoms. The normalized spacial score (nSPS) is 14.5. The van der Waals surface area contributed by atoms with Crippen molar-refractivity contribution >= 4 is 23.4 Å². The van der Waals surface area contributed by atoms with Gasteiger partial charge in [0.2, 0.25) is 5.91 Å². The third-order valence-corrected chi connectivity index (χ3v) is 5.31. The maximum atomic E-state index is 12.8. The molecule has 0 aliphatic carbocycles. The Morgan fingerprint density at radius 3 is 2.20 bits per heavy atom. The number of aryl methyl sites for hydroxylation is 1. The van der Waals surface area contributed by atoms with Gasteiger partial charge in [0.25, 0.3) is 11.8 Å². The summed E-state index contributed by atoms with van der Waals surface area (Å²) in [5.41, 5.74) is 2.71. The second-order valence-corrected chi connectivity index (χ2v) is 8.13. The average Bonchev–Trinajstić information content (AvgIpc) is 3.26. The van der Waals surface area contributed by atoms with Gasteiger partial charge in [-0.2, -0.15) is 0 Å². The van der Waals surface area contributed by atoms with E-state index in [1.807, 2.05) is 37.8 Å². The Hall–Kier alpha value is -3.15. The van der Waals surface area contributed by atoms with Gasteiger partial charge in [0.1, 0.15) is 6.04 Å². The fourth-order valence-electron chi connectivity index (χ4n) is 3.56. The van der Waals surface area contributed by atoms with Crippen molar-refractivity contribution in [3.05, 3.63) is 65.2 Å². The van der Waals surface area contributed by atoms with Crippen LogP contribution in [0.2, 0.25) is 0 Å². The minimum absolute atomic E-state index is 0.0239. The molecule has 1 aliphatic rings. The van der Waals surface area contributed by atoms with E-state index in [0.29, 0.717) is 16.8 Å². The number of nitrogens with one attached hydrogen (secondary N) is 2. The quantitative estimate of drug-likeness (QED) is 0.768. The fourth-order valence-corrected chi connectivity index (χ4v) is 3.56. The molecule has 0 radical (unpaired) electrons. The Kier molecular flexibility index (Phi) is 6.87. The van der Waals surface area contributed by atoms with Crippen LogP contribution < -0.4 is 10.6 Å². The maximum absolute atomic E-state index is 12.8. The molecule has 2 N–H and O–H groups in total. The van der Waals surface area contributed by atoms with Gasteiger partial charge in [-0.25, -0.2) is 0 Å². The summed E-state index contributed by atoms with van der Waals surface area (Å²) in [7, 11) is 0. The monoisotopic (exact) mass is 407 g/mol. The molecule has 0 saturated carbocycles. The number of rotatable bonds is 6. The summed E-state index contributed by atoms with van der Waals surface area (Å²) in [6, 6.07) is 13.5. The number of carbonyl (C=O) groups excluding carboxylic acids is 3. The minimum atomic E-state index is -0.677. The standard InChI is InChI=1S/C24H29N3O3/c1-16(2)21(26-22(28)19-8-6-7-17(3)15-19)23(29)25-20-11-9-18(10-12-20)24(30)27-13-4-5-14-27/h6-12,15-16,21H,4-5,13-14H2,1-3H3,(H,25,29)(H,26,28). The molecule has 2 aromatic rings. The van der Waals surface area contributed by atoms with E-state index in [4.69, 9.17) is 0 Å². The van der Waals surface area contributed by atoms with Crippen molar-refractivity contribution in [3.8, 4) is 0 Å². The van der Waals surface area contributed by atoms with Crippen molar-refractivity contribution in [3.63, 3.8) is 0 Å². The number of hydrogen-bond donors (Lipinski definition) is 2. The molecule has 30 heavy (non-hydrogen) atoms. The average molecular weight is 408 g/mol. The number of likely N-dealkylation sites (tertiary alicyclic amines) is 1. The zero-order valence-corrected chi connectivity index (χ0v) is 17.8. The Morgan fingerprint density at radius 1 is 0.933 bits per heavy atom. The van der Waals surface area contributed by atoms with Crippen molar-refractivity contribution in [1.29, 1.82) is 0 Å². The van der Waals surface area contributed by atoms with Crippen LogP contribution in [0.5, 0.6) is 0 Å². The summed E-state index contributed by atoms with van der Waals surface area (Å²) in [4.78, 5) is 39.7. The predicted molar refractivity (Wildman–Crippen MR) is 117 cm³/mol. The van der Waals surface area contributed by atoms with Gasteiger partial charge in [-0.3, -0.25) is 14.4 Å².